The number of carbonyl (C=O) groups excluding carboxylic acids is 1. The van der Waals surface area contributed by atoms with Crippen LogP contribution in [0.1, 0.15) is 6.92 Å². The third-order valence-corrected chi connectivity index (χ3v) is 2.64. The second kappa shape index (κ2) is 5.32. The van der Waals surface area contributed by atoms with Crippen molar-refractivity contribution in [3.05, 3.63) is 24.0 Å². The molecule has 0 aromatic heterocycles. The van der Waals surface area contributed by atoms with Crippen LogP contribution in [0.25, 0.3) is 0 Å². The fourth-order valence-electron chi connectivity index (χ4n) is 1.52. The van der Waals surface area contributed by atoms with Crippen molar-refractivity contribution in [1.29, 1.82) is 0 Å². The molecule has 6 heteroatoms. The van der Waals surface area contributed by atoms with Gasteiger partial charge in [0.25, 0.3) is 5.91 Å². The lowest BCUT2D eigenvalue weighted by molar-refractivity contribution is -0.161. The molecular formula is C12H15FN2O3. The summed E-state index contributed by atoms with van der Waals surface area (Å²) in [6.45, 7) is 2.67. The maximum atomic E-state index is 12.8. The molecule has 98 valence electrons. The SMILES string of the molecule is CC(OC1COC1)C(=O)Nc1ccc(F)cc1N. The van der Waals surface area contributed by atoms with Gasteiger partial charge in [0.05, 0.1) is 24.6 Å². The molecule has 1 aliphatic rings. The Morgan fingerprint density at radius 2 is 2.33 bits per heavy atom. The first-order chi connectivity index (χ1) is 8.56. The van der Waals surface area contributed by atoms with Crippen LogP contribution < -0.4 is 11.1 Å². The topological polar surface area (TPSA) is 73.6 Å². The summed E-state index contributed by atoms with van der Waals surface area (Å²) in [7, 11) is 0. The van der Waals surface area contributed by atoms with Crippen LogP contribution in [0.3, 0.4) is 0 Å². The molecule has 0 saturated carbocycles. The molecule has 1 aliphatic heterocycles. The van der Waals surface area contributed by atoms with Crippen LogP contribution in [0.5, 0.6) is 0 Å². The quantitative estimate of drug-likeness (QED) is 0.790. The molecule has 0 spiro atoms. The zero-order chi connectivity index (χ0) is 13.1. The second-order valence-electron chi connectivity index (χ2n) is 4.16. The highest BCUT2D eigenvalue weighted by Crippen LogP contribution is 2.19. The predicted octanol–water partition coefficient (Wildman–Crippen LogP) is 1.15. The Morgan fingerprint density at radius 1 is 1.61 bits per heavy atom. The van der Waals surface area contributed by atoms with Gasteiger partial charge in [0.15, 0.2) is 0 Å². The zero-order valence-corrected chi connectivity index (χ0v) is 9.98. The maximum Gasteiger partial charge on any atom is 0.253 e. The van der Waals surface area contributed by atoms with Crippen molar-refractivity contribution in [3.8, 4) is 0 Å². The van der Waals surface area contributed by atoms with Crippen molar-refractivity contribution in [2.24, 2.45) is 0 Å². The molecule has 5 nitrogen and oxygen atoms in total. The van der Waals surface area contributed by atoms with E-state index >= 15 is 0 Å². The van der Waals surface area contributed by atoms with Crippen LogP contribution >= 0.6 is 0 Å². The van der Waals surface area contributed by atoms with E-state index in [1.807, 2.05) is 0 Å². The van der Waals surface area contributed by atoms with Gasteiger partial charge in [0, 0.05) is 0 Å². The minimum atomic E-state index is -0.608. The number of nitrogens with two attached hydrogens (primary N) is 1. The van der Waals surface area contributed by atoms with Gasteiger partial charge >= 0.3 is 0 Å². The summed E-state index contributed by atoms with van der Waals surface area (Å²) in [6, 6.07) is 3.81. The summed E-state index contributed by atoms with van der Waals surface area (Å²) in [5, 5.41) is 2.59. The van der Waals surface area contributed by atoms with E-state index in [-0.39, 0.29) is 17.7 Å². The van der Waals surface area contributed by atoms with Gasteiger partial charge in [-0.05, 0) is 25.1 Å². The molecule has 1 aromatic carbocycles. The summed E-state index contributed by atoms with van der Waals surface area (Å²) in [6.07, 6.45) is -0.639. The fraction of sp³-hybridized carbons (Fsp3) is 0.417. The normalized spacial score (nSPS) is 17.0. The molecule has 0 aliphatic carbocycles. The molecule has 2 rings (SSSR count). The van der Waals surface area contributed by atoms with E-state index in [9.17, 15) is 9.18 Å². The Bertz CT molecular complexity index is 449. The number of hydrogen-bond acceptors (Lipinski definition) is 4. The Labute approximate surface area is 104 Å². The van der Waals surface area contributed by atoms with E-state index in [1.54, 1.807) is 6.92 Å². The molecule has 3 N–H and O–H groups in total. The maximum absolute atomic E-state index is 12.8. The predicted molar refractivity (Wildman–Crippen MR) is 64.6 cm³/mol. The number of anilines is 2. The average molecular weight is 254 g/mol. The number of amides is 1. The van der Waals surface area contributed by atoms with Crippen LogP contribution in [-0.4, -0.2) is 31.3 Å². The minimum Gasteiger partial charge on any atom is -0.397 e. The van der Waals surface area contributed by atoms with Crippen molar-refractivity contribution in [2.45, 2.75) is 19.1 Å². The van der Waals surface area contributed by atoms with Crippen molar-refractivity contribution in [3.63, 3.8) is 0 Å². The number of carbonyl (C=O) groups is 1. The number of rotatable bonds is 4. The fourth-order valence-corrected chi connectivity index (χ4v) is 1.52. The van der Waals surface area contributed by atoms with E-state index in [0.717, 1.165) is 6.07 Å². The lowest BCUT2D eigenvalue weighted by Gasteiger charge is -2.28. The van der Waals surface area contributed by atoms with Crippen LogP contribution in [0.4, 0.5) is 15.8 Å². The number of hydrogen-bond donors (Lipinski definition) is 2. The summed E-state index contributed by atoms with van der Waals surface area (Å²) in [5.41, 5.74) is 6.15. The molecule has 1 aromatic rings. The third-order valence-electron chi connectivity index (χ3n) is 2.64. The number of nitrogens with one attached hydrogen (secondary N) is 1. The van der Waals surface area contributed by atoms with Gasteiger partial charge in [-0.1, -0.05) is 0 Å². The Balaban J connectivity index is 1.92. The molecule has 1 saturated heterocycles. The summed E-state index contributed by atoms with van der Waals surface area (Å²) < 4.78 is 23.2. The molecule has 1 amide bonds. The van der Waals surface area contributed by atoms with Gasteiger partial charge in [-0.2, -0.15) is 0 Å². The summed E-state index contributed by atoms with van der Waals surface area (Å²) in [4.78, 5) is 11.8. The highest BCUT2D eigenvalue weighted by molar-refractivity contribution is 5.96. The van der Waals surface area contributed by atoms with E-state index < -0.39 is 11.9 Å². The van der Waals surface area contributed by atoms with Gasteiger partial charge < -0.3 is 20.5 Å². The van der Waals surface area contributed by atoms with Crippen molar-refractivity contribution < 1.29 is 18.7 Å². The van der Waals surface area contributed by atoms with Gasteiger partial charge in [0.2, 0.25) is 0 Å². The van der Waals surface area contributed by atoms with Crippen molar-refractivity contribution in [1.82, 2.24) is 0 Å². The molecule has 18 heavy (non-hydrogen) atoms. The molecule has 1 fully saturated rings. The molecular weight excluding hydrogens is 239 g/mol. The lowest BCUT2D eigenvalue weighted by Crippen LogP contribution is -2.41. The van der Waals surface area contributed by atoms with Crippen LogP contribution in [0.15, 0.2) is 18.2 Å². The smallest absolute Gasteiger partial charge is 0.253 e. The monoisotopic (exact) mass is 254 g/mol. The van der Waals surface area contributed by atoms with E-state index in [2.05, 4.69) is 5.32 Å². The molecule has 0 radical (unpaired) electrons. The third kappa shape index (κ3) is 2.96. The average Bonchev–Trinajstić information content (AvgIpc) is 2.27. The van der Waals surface area contributed by atoms with Crippen LogP contribution in [0, 0.1) is 5.82 Å². The van der Waals surface area contributed by atoms with E-state index in [1.165, 1.54) is 12.1 Å². The van der Waals surface area contributed by atoms with Crippen LogP contribution in [0.2, 0.25) is 0 Å². The summed E-state index contributed by atoms with van der Waals surface area (Å²) in [5.74, 6) is -0.762. The van der Waals surface area contributed by atoms with Crippen molar-refractivity contribution in [2.75, 3.05) is 24.3 Å². The standard InChI is InChI=1S/C12H15FN2O3/c1-7(18-9-5-17-6-9)12(16)15-11-3-2-8(13)4-10(11)14/h2-4,7,9H,5-6,14H2,1H3,(H,15,16). The van der Waals surface area contributed by atoms with E-state index in [0.29, 0.717) is 18.9 Å². The van der Waals surface area contributed by atoms with Gasteiger partial charge in [0.1, 0.15) is 18.0 Å². The number of ether oxygens (including phenoxy) is 2. The minimum absolute atomic E-state index is 0.0312. The zero-order valence-electron chi connectivity index (χ0n) is 9.98. The first kappa shape index (κ1) is 12.8. The first-order valence-corrected chi connectivity index (χ1v) is 5.65. The molecule has 1 unspecified atom stereocenters. The highest BCUT2D eigenvalue weighted by atomic mass is 19.1. The Kier molecular flexibility index (Phi) is 3.78. The molecule has 1 heterocycles. The van der Waals surface area contributed by atoms with Gasteiger partial charge in [-0.15, -0.1) is 0 Å². The number of nitrogen functional groups attached to an aromatic ring is 1. The second-order valence-corrected chi connectivity index (χ2v) is 4.16. The van der Waals surface area contributed by atoms with Gasteiger partial charge in [-0.25, -0.2) is 4.39 Å². The molecule has 1 atom stereocenters. The first-order valence-electron chi connectivity index (χ1n) is 5.65. The molecule has 0 bridgehead atoms. The summed E-state index contributed by atoms with van der Waals surface area (Å²) >= 11 is 0. The lowest BCUT2D eigenvalue weighted by atomic mass is 10.2. The Hall–Kier alpha value is -1.66. The number of halogens is 1. The van der Waals surface area contributed by atoms with Crippen LogP contribution in [-0.2, 0) is 14.3 Å². The highest BCUT2D eigenvalue weighted by Gasteiger charge is 2.25. The van der Waals surface area contributed by atoms with Gasteiger partial charge in [-0.3, -0.25) is 4.79 Å². The largest absolute Gasteiger partial charge is 0.397 e. The Morgan fingerprint density at radius 3 is 2.89 bits per heavy atom. The van der Waals surface area contributed by atoms with Crippen molar-refractivity contribution >= 4 is 17.3 Å². The van der Waals surface area contributed by atoms with E-state index in [4.69, 9.17) is 15.2 Å². The number of benzene rings is 1.